The van der Waals surface area contributed by atoms with Crippen molar-refractivity contribution in [2.24, 2.45) is 4.99 Å². The third kappa shape index (κ3) is 3.04. The van der Waals surface area contributed by atoms with E-state index in [4.69, 9.17) is 4.99 Å². The molecule has 0 unspecified atom stereocenters. The zero-order valence-corrected chi connectivity index (χ0v) is 17.0. The monoisotopic (exact) mass is 403 g/mol. The van der Waals surface area contributed by atoms with Crippen LogP contribution in [0.3, 0.4) is 0 Å². The molecule has 4 aliphatic rings. The standard InChI is InChI=1S/C20H25N3O2S2/c24-27(25,22-12-4-1-5-13-22)16-10-8-15(9-11-16)19-14-26-20-21-17-6-2-3-7-18(17)23(19)20/h8-11,14,17-18H,1-7,12-13H2/t17-,18-/m1/s1. The quantitative estimate of drug-likeness (QED) is 0.768. The van der Waals surface area contributed by atoms with Gasteiger partial charge in [0.25, 0.3) is 0 Å². The van der Waals surface area contributed by atoms with Crippen molar-refractivity contribution in [3.63, 3.8) is 0 Å². The Labute approximate surface area is 165 Å². The second-order valence-electron chi connectivity index (χ2n) is 7.81. The lowest BCUT2D eigenvalue weighted by Gasteiger charge is -2.32. The van der Waals surface area contributed by atoms with Crippen molar-refractivity contribution >= 4 is 32.6 Å². The highest BCUT2D eigenvalue weighted by atomic mass is 32.2. The van der Waals surface area contributed by atoms with Gasteiger partial charge in [-0.25, -0.2) is 8.42 Å². The fourth-order valence-electron chi connectivity index (χ4n) is 4.68. The molecular weight excluding hydrogens is 378 g/mol. The largest absolute Gasteiger partial charge is 0.315 e. The Bertz CT molecular complexity index is 886. The van der Waals surface area contributed by atoms with Crippen LogP contribution in [0, 0.1) is 0 Å². The van der Waals surface area contributed by atoms with Gasteiger partial charge >= 0.3 is 0 Å². The van der Waals surface area contributed by atoms with Crippen molar-refractivity contribution in [2.45, 2.75) is 61.9 Å². The van der Waals surface area contributed by atoms with Crippen molar-refractivity contribution in [1.29, 1.82) is 0 Å². The third-order valence-corrected chi connectivity index (χ3v) is 8.91. The number of nitrogens with zero attached hydrogens (tertiary/aromatic N) is 3. The first-order chi connectivity index (χ1) is 13.1. The van der Waals surface area contributed by atoms with E-state index in [-0.39, 0.29) is 0 Å². The van der Waals surface area contributed by atoms with E-state index in [0.29, 0.717) is 30.1 Å². The number of sulfonamides is 1. The Morgan fingerprint density at radius 3 is 2.48 bits per heavy atom. The molecule has 0 spiro atoms. The van der Waals surface area contributed by atoms with Crippen LogP contribution in [-0.2, 0) is 10.0 Å². The molecule has 0 N–H and O–H groups in total. The van der Waals surface area contributed by atoms with E-state index < -0.39 is 10.0 Å². The van der Waals surface area contributed by atoms with Crippen molar-refractivity contribution in [3.8, 4) is 0 Å². The van der Waals surface area contributed by atoms with Crippen molar-refractivity contribution in [2.75, 3.05) is 13.1 Å². The van der Waals surface area contributed by atoms with Gasteiger partial charge < -0.3 is 4.90 Å². The third-order valence-electron chi connectivity index (χ3n) is 6.15. The summed E-state index contributed by atoms with van der Waals surface area (Å²) < 4.78 is 27.4. The second kappa shape index (κ2) is 6.94. The minimum Gasteiger partial charge on any atom is -0.315 e. The van der Waals surface area contributed by atoms with Crippen LogP contribution < -0.4 is 0 Å². The number of fused-ring (bicyclic) bond motifs is 3. The number of thioether (sulfide) groups is 1. The summed E-state index contributed by atoms with van der Waals surface area (Å²) in [5.41, 5.74) is 2.26. The van der Waals surface area contributed by atoms with Crippen LogP contribution in [0.2, 0.25) is 0 Å². The van der Waals surface area contributed by atoms with E-state index in [1.54, 1.807) is 28.2 Å². The molecular formula is C20H25N3O2S2. The number of hydrogen-bond donors (Lipinski definition) is 0. The van der Waals surface area contributed by atoms with E-state index in [1.807, 2.05) is 12.1 Å². The Morgan fingerprint density at radius 1 is 0.963 bits per heavy atom. The van der Waals surface area contributed by atoms with Crippen LogP contribution in [-0.4, -0.2) is 48.0 Å². The molecule has 1 saturated carbocycles. The van der Waals surface area contributed by atoms with Gasteiger partial charge in [-0.15, -0.1) is 0 Å². The molecule has 1 aliphatic carbocycles. The first kappa shape index (κ1) is 17.8. The average molecular weight is 404 g/mol. The maximum atomic E-state index is 12.9. The highest BCUT2D eigenvalue weighted by Gasteiger charge is 2.42. The summed E-state index contributed by atoms with van der Waals surface area (Å²) in [5.74, 6) is 0. The van der Waals surface area contributed by atoms with Gasteiger partial charge in [0.1, 0.15) is 0 Å². The highest BCUT2D eigenvalue weighted by molar-refractivity contribution is 8.16. The fourth-order valence-corrected chi connectivity index (χ4v) is 7.21. The Balaban J connectivity index is 1.39. The molecule has 7 heteroatoms. The fraction of sp³-hybridized carbons (Fsp3) is 0.550. The summed E-state index contributed by atoms with van der Waals surface area (Å²) >= 11 is 1.70. The van der Waals surface area contributed by atoms with Crippen molar-refractivity contribution < 1.29 is 8.42 Å². The molecule has 27 heavy (non-hydrogen) atoms. The number of piperidine rings is 1. The number of aliphatic imine (C=N–C) groups is 1. The normalized spacial score (nSPS) is 28.5. The van der Waals surface area contributed by atoms with E-state index in [1.165, 1.54) is 31.4 Å². The molecule has 5 nitrogen and oxygen atoms in total. The molecule has 1 saturated heterocycles. The van der Waals surface area contributed by atoms with Gasteiger partial charge in [0, 0.05) is 18.5 Å². The first-order valence-electron chi connectivity index (χ1n) is 9.99. The van der Waals surface area contributed by atoms with Crippen LogP contribution in [0.4, 0.5) is 0 Å². The smallest absolute Gasteiger partial charge is 0.243 e. The van der Waals surface area contributed by atoms with Crippen molar-refractivity contribution in [3.05, 3.63) is 35.2 Å². The van der Waals surface area contributed by atoms with Crippen LogP contribution in [0.1, 0.15) is 50.5 Å². The van der Waals surface area contributed by atoms with E-state index in [9.17, 15) is 8.42 Å². The van der Waals surface area contributed by atoms with E-state index in [0.717, 1.165) is 30.0 Å². The molecule has 0 aromatic heterocycles. The predicted octanol–water partition coefficient (Wildman–Crippen LogP) is 3.89. The summed E-state index contributed by atoms with van der Waals surface area (Å²) in [7, 11) is -3.37. The summed E-state index contributed by atoms with van der Waals surface area (Å²) in [5, 5.41) is 3.28. The molecule has 0 radical (unpaired) electrons. The maximum absolute atomic E-state index is 12.9. The lowest BCUT2D eigenvalue weighted by Crippen LogP contribution is -2.38. The van der Waals surface area contributed by atoms with Gasteiger partial charge in [0.15, 0.2) is 5.17 Å². The molecule has 5 rings (SSSR count). The summed E-state index contributed by atoms with van der Waals surface area (Å²) in [6, 6.07) is 8.38. The molecule has 0 bridgehead atoms. The summed E-state index contributed by atoms with van der Waals surface area (Å²) in [6.07, 6.45) is 7.97. The van der Waals surface area contributed by atoms with Crippen LogP contribution >= 0.6 is 11.8 Å². The van der Waals surface area contributed by atoms with Gasteiger partial charge in [0.2, 0.25) is 10.0 Å². The molecule has 1 aromatic carbocycles. The van der Waals surface area contributed by atoms with Gasteiger partial charge in [-0.3, -0.25) is 4.99 Å². The Hall–Kier alpha value is -1.31. The van der Waals surface area contributed by atoms with Crippen LogP contribution in [0.15, 0.2) is 39.6 Å². The minimum absolute atomic E-state index is 0.408. The number of hydrogen-bond acceptors (Lipinski definition) is 5. The second-order valence-corrected chi connectivity index (χ2v) is 10.6. The van der Waals surface area contributed by atoms with Crippen molar-refractivity contribution in [1.82, 2.24) is 9.21 Å². The molecule has 3 aliphatic heterocycles. The molecule has 0 amide bonds. The predicted molar refractivity (Wildman–Crippen MR) is 110 cm³/mol. The van der Waals surface area contributed by atoms with Gasteiger partial charge in [-0.2, -0.15) is 4.31 Å². The number of amidine groups is 1. The molecule has 2 fully saturated rings. The van der Waals surface area contributed by atoms with E-state index in [2.05, 4.69) is 10.3 Å². The zero-order valence-electron chi connectivity index (χ0n) is 15.4. The van der Waals surface area contributed by atoms with E-state index >= 15 is 0 Å². The van der Waals surface area contributed by atoms with Gasteiger partial charge in [0.05, 0.1) is 22.7 Å². The van der Waals surface area contributed by atoms with Crippen LogP contribution in [0.25, 0.3) is 5.70 Å². The SMILES string of the molecule is O=S(=O)(c1ccc(C2=CSC3=N[C@@H]4CCCC[C@H]4N23)cc1)N1CCCCC1. The topological polar surface area (TPSA) is 53.0 Å². The summed E-state index contributed by atoms with van der Waals surface area (Å²) in [4.78, 5) is 7.72. The Kier molecular flexibility index (Phi) is 4.57. The van der Waals surface area contributed by atoms with Gasteiger partial charge in [-0.1, -0.05) is 43.2 Å². The maximum Gasteiger partial charge on any atom is 0.243 e. The lowest BCUT2D eigenvalue weighted by atomic mass is 9.90. The number of rotatable bonds is 3. The molecule has 1 aromatic rings. The molecule has 2 atom stereocenters. The zero-order chi connectivity index (χ0) is 18.4. The average Bonchev–Trinajstić information content (AvgIpc) is 3.28. The molecule has 3 heterocycles. The first-order valence-corrected chi connectivity index (χ1v) is 12.3. The Morgan fingerprint density at radius 2 is 1.70 bits per heavy atom. The van der Waals surface area contributed by atoms with Gasteiger partial charge in [-0.05, 0) is 43.4 Å². The lowest BCUT2D eigenvalue weighted by molar-refractivity contribution is 0.305. The number of benzene rings is 1. The molecule has 144 valence electrons. The minimum atomic E-state index is -3.37. The summed E-state index contributed by atoms with van der Waals surface area (Å²) in [6.45, 7) is 1.28. The highest BCUT2D eigenvalue weighted by Crippen LogP contribution is 2.44. The van der Waals surface area contributed by atoms with Crippen LogP contribution in [0.5, 0.6) is 0 Å².